The molecule has 0 fully saturated rings. The van der Waals surface area contributed by atoms with E-state index < -0.39 is 11.7 Å². The Labute approximate surface area is 90.5 Å². The lowest BCUT2D eigenvalue weighted by Gasteiger charge is -2.18. The van der Waals surface area contributed by atoms with E-state index in [1.54, 1.807) is 6.08 Å². The summed E-state index contributed by atoms with van der Waals surface area (Å²) in [6, 6.07) is 3.45. The quantitative estimate of drug-likeness (QED) is 0.802. The number of ether oxygens (including phenoxy) is 1. The van der Waals surface area contributed by atoms with Gasteiger partial charge in [-0.2, -0.15) is 13.2 Å². The maximum Gasteiger partial charge on any atom is 0.416 e. The second kappa shape index (κ2) is 3.83. The molecule has 2 nitrogen and oxygen atoms in total. The molecule has 0 unspecified atom stereocenters. The first-order valence-corrected chi connectivity index (χ1v) is 4.74. The molecule has 1 aromatic carbocycles. The molecule has 1 aromatic rings. The monoisotopic (exact) mass is 229 g/mol. The second-order valence-electron chi connectivity index (χ2n) is 3.55. The van der Waals surface area contributed by atoms with E-state index in [0.29, 0.717) is 12.1 Å². The highest BCUT2D eigenvalue weighted by Crippen LogP contribution is 2.35. The van der Waals surface area contributed by atoms with Crippen molar-refractivity contribution in [3.63, 3.8) is 0 Å². The summed E-state index contributed by atoms with van der Waals surface area (Å²) < 4.78 is 42.4. The van der Waals surface area contributed by atoms with Gasteiger partial charge in [0.2, 0.25) is 0 Å². The van der Waals surface area contributed by atoms with Crippen molar-refractivity contribution in [3.8, 4) is 5.75 Å². The van der Waals surface area contributed by atoms with E-state index in [9.17, 15) is 13.2 Å². The van der Waals surface area contributed by atoms with Crippen LogP contribution in [0.2, 0.25) is 0 Å². The van der Waals surface area contributed by atoms with Gasteiger partial charge < -0.3 is 10.5 Å². The molecule has 0 aliphatic carbocycles. The molecule has 1 aliphatic heterocycles. The minimum atomic E-state index is -4.34. The number of fused-ring (bicyclic) bond motifs is 1. The van der Waals surface area contributed by atoms with Crippen molar-refractivity contribution in [1.82, 2.24) is 0 Å². The summed E-state index contributed by atoms with van der Waals surface area (Å²) in [7, 11) is 0. The number of halogens is 3. The van der Waals surface area contributed by atoms with Crippen LogP contribution in [0.4, 0.5) is 13.2 Å². The Morgan fingerprint density at radius 2 is 2.06 bits per heavy atom. The van der Waals surface area contributed by atoms with Crippen LogP contribution in [0, 0.1) is 0 Å². The molecule has 0 atom stereocenters. The SMILES string of the molecule is NCC1=Cc2ccc(C(F)(F)F)cc2OC1. The molecule has 1 heterocycles. The maximum absolute atomic E-state index is 12.4. The van der Waals surface area contributed by atoms with Gasteiger partial charge in [0.15, 0.2) is 0 Å². The fraction of sp³-hybridized carbons (Fsp3) is 0.273. The van der Waals surface area contributed by atoms with E-state index in [-0.39, 0.29) is 12.4 Å². The van der Waals surface area contributed by atoms with Gasteiger partial charge in [-0.3, -0.25) is 0 Å². The van der Waals surface area contributed by atoms with Gasteiger partial charge in [0.05, 0.1) is 5.56 Å². The largest absolute Gasteiger partial charge is 0.489 e. The van der Waals surface area contributed by atoms with Gasteiger partial charge in [-0.05, 0) is 23.8 Å². The van der Waals surface area contributed by atoms with Gasteiger partial charge in [0, 0.05) is 12.1 Å². The number of hydrogen-bond acceptors (Lipinski definition) is 2. The Bertz CT molecular complexity index is 437. The van der Waals surface area contributed by atoms with Crippen LogP contribution in [0.15, 0.2) is 23.8 Å². The molecule has 16 heavy (non-hydrogen) atoms. The smallest absolute Gasteiger partial charge is 0.416 e. The van der Waals surface area contributed by atoms with E-state index in [1.165, 1.54) is 6.07 Å². The summed E-state index contributed by atoms with van der Waals surface area (Å²) in [5, 5.41) is 0. The zero-order valence-electron chi connectivity index (χ0n) is 8.34. The Morgan fingerprint density at radius 3 is 2.69 bits per heavy atom. The van der Waals surface area contributed by atoms with Gasteiger partial charge in [-0.25, -0.2) is 0 Å². The van der Waals surface area contributed by atoms with Crippen molar-refractivity contribution in [2.24, 2.45) is 5.73 Å². The first-order chi connectivity index (χ1) is 7.50. The normalized spacial score (nSPS) is 15.1. The van der Waals surface area contributed by atoms with Gasteiger partial charge in [-0.1, -0.05) is 6.07 Å². The van der Waals surface area contributed by atoms with E-state index in [1.807, 2.05) is 0 Å². The molecular formula is C11H10F3NO. The van der Waals surface area contributed by atoms with E-state index in [4.69, 9.17) is 10.5 Å². The van der Waals surface area contributed by atoms with Crippen LogP contribution in [-0.2, 0) is 6.18 Å². The lowest BCUT2D eigenvalue weighted by atomic mass is 10.0. The van der Waals surface area contributed by atoms with Crippen molar-refractivity contribution in [3.05, 3.63) is 34.9 Å². The highest BCUT2D eigenvalue weighted by molar-refractivity contribution is 5.63. The highest BCUT2D eigenvalue weighted by atomic mass is 19.4. The molecule has 1 aliphatic rings. The van der Waals surface area contributed by atoms with Crippen molar-refractivity contribution in [2.45, 2.75) is 6.18 Å². The lowest BCUT2D eigenvalue weighted by Crippen LogP contribution is -2.15. The summed E-state index contributed by atoms with van der Waals surface area (Å²) in [5.74, 6) is 0.257. The number of hydrogen-bond donors (Lipinski definition) is 1. The van der Waals surface area contributed by atoms with Crippen molar-refractivity contribution >= 4 is 6.08 Å². The van der Waals surface area contributed by atoms with Crippen LogP contribution in [-0.4, -0.2) is 13.2 Å². The summed E-state index contributed by atoms with van der Waals surface area (Å²) in [6.45, 7) is 0.602. The number of rotatable bonds is 1. The first-order valence-electron chi connectivity index (χ1n) is 4.74. The average Bonchev–Trinajstić information content (AvgIpc) is 2.26. The number of nitrogens with two attached hydrogens (primary N) is 1. The minimum Gasteiger partial charge on any atom is -0.489 e. The molecule has 0 radical (unpaired) electrons. The van der Waals surface area contributed by atoms with E-state index in [0.717, 1.165) is 17.7 Å². The zero-order valence-corrected chi connectivity index (χ0v) is 8.34. The third-order valence-corrected chi connectivity index (χ3v) is 2.38. The van der Waals surface area contributed by atoms with Gasteiger partial charge in [-0.15, -0.1) is 0 Å². The Hall–Kier alpha value is -1.49. The topological polar surface area (TPSA) is 35.2 Å². The fourth-order valence-corrected chi connectivity index (χ4v) is 1.50. The lowest BCUT2D eigenvalue weighted by molar-refractivity contribution is -0.137. The van der Waals surface area contributed by atoms with Crippen molar-refractivity contribution in [2.75, 3.05) is 13.2 Å². The van der Waals surface area contributed by atoms with Crippen LogP contribution in [0.3, 0.4) is 0 Å². The zero-order chi connectivity index (χ0) is 11.8. The van der Waals surface area contributed by atoms with Crippen LogP contribution in [0.25, 0.3) is 6.08 Å². The van der Waals surface area contributed by atoms with Crippen LogP contribution >= 0.6 is 0 Å². The molecule has 0 saturated heterocycles. The molecular weight excluding hydrogens is 219 g/mol. The third-order valence-electron chi connectivity index (χ3n) is 2.38. The Balaban J connectivity index is 2.39. The summed E-state index contributed by atoms with van der Waals surface area (Å²) in [5.41, 5.74) is 6.24. The van der Waals surface area contributed by atoms with E-state index >= 15 is 0 Å². The average molecular weight is 229 g/mol. The van der Waals surface area contributed by atoms with Crippen molar-refractivity contribution in [1.29, 1.82) is 0 Å². The molecule has 0 bridgehead atoms. The van der Waals surface area contributed by atoms with Gasteiger partial charge in [0.1, 0.15) is 12.4 Å². The third kappa shape index (κ3) is 2.04. The molecule has 2 N–H and O–H groups in total. The van der Waals surface area contributed by atoms with Crippen LogP contribution < -0.4 is 10.5 Å². The molecule has 2 rings (SSSR count). The predicted molar refractivity (Wildman–Crippen MR) is 54.0 cm³/mol. The predicted octanol–water partition coefficient (Wildman–Crippen LogP) is 2.44. The molecule has 5 heteroatoms. The molecule has 0 amide bonds. The molecule has 0 spiro atoms. The first kappa shape index (κ1) is 11.0. The van der Waals surface area contributed by atoms with Gasteiger partial charge in [0.25, 0.3) is 0 Å². The van der Waals surface area contributed by atoms with Crippen LogP contribution in [0.1, 0.15) is 11.1 Å². The molecule has 86 valence electrons. The van der Waals surface area contributed by atoms with Gasteiger partial charge >= 0.3 is 6.18 Å². The molecule has 0 saturated carbocycles. The molecule has 0 aromatic heterocycles. The van der Waals surface area contributed by atoms with Crippen molar-refractivity contribution < 1.29 is 17.9 Å². The summed E-state index contributed by atoms with van der Waals surface area (Å²) >= 11 is 0. The van der Waals surface area contributed by atoms with E-state index in [2.05, 4.69) is 0 Å². The maximum atomic E-state index is 12.4. The Kier molecular flexibility index (Phi) is 2.63. The summed E-state index contributed by atoms with van der Waals surface area (Å²) in [6.07, 6.45) is -2.57. The highest BCUT2D eigenvalue weighted by Gasteiger charge is 2.31. The summed E-state index contributed by atoms with van der Waals surface area (Å²) in [4.78, 5) is 0. The second-order valence-corrected chi connectivity index (χ2v) is 3.55. The number of benzene rings is 1. The standard InChI is InChI=1S/C11H10F3NO/c12-11(13,14)9-2-1-8-3-7(5-15)6-16-10(8)4-9/h1-4H,5-6,15H2. The van der Waals surface area contributed by atoms with Crippen LogP contribution in [0.5, 0.6) is 5.75 Å². The fourth-order valence-electron chi connectivity index (χ4n) is 1.50. The minimum absolute atomic E-state index is 0.255. The number of alkyl halides is 3. The Morgan fingerprint density at radius 1 is 1.31 bits per heavy atom.